The van der Waals surface area contributed by atoms with Gasteiger partial charge in [0.2, 0.25) is 0 Å². The molecular weight excluding hydrogens is 116 g/mol. The Bertz CT molecular complexity index is 92.9. The Morgan fingerprint density at radius 3 is 2.56 bits per heavy atom. The summed E-state index contributed by atoms with van der Waals surface area (Å²) in [6, 6.07) is 0. The van der Waals surface area contributed by atoms with Crippen LogP contribution in [0.1, 0.15) is 26.7 Å². The van der Waals surface area contributed by atoms with E-state index in [1.165, 1.54) is 0 Å². The van der Waals surface area contributed by atoms with Gasteiger partial charge in [-0.2, -0.15) is 0 Å². The van der Waals surface area contributed by atoms with Crippen LogP contribution in [0.4, 0.5) is 0 Å². The van der Waals surface area contributed by atoms with Gasteiger partial charge in [-0.3, -0.25) is 0 Å². The predicted octanol–water partition coefficient (Wildman–Crippen LogP) is 0.935. The van der Waals surface area contributed by atoms with Crippen molar-refractivity contribution in [1.29, 1.82) is 0 Å². The smallest absolute Gasteiger partial charge is 0.0835 e. The maximum atomic E-state index is 9.23. The molecule has 54 valence electrons. The quantitative estimate of drug-likeness (QED) is 0.572. The van der Waals surface area contributed by atoms with E-state index < -0.39 is 0 Å². The first kappa shape index (κ1) is 7.03. The van der Waals surface area contributed by atoms with Crippen LogP contribution in [0.2, 0.25) is 0 Å². The zero-order chi connectivity index (χ0) is 6.85. The molecule has 1 saturated heterocycles. The number of aliphatic hydroxyl groups is 1. The van der Waals surface area contributed by atoms with Crippen LogP contribution >= 0.6 is 0 Å². The Morgan fingerprint density at radius 1 is 1.67 bits per heavy atom. The Kier molecular flexibility index (Phi) is 2.09. The van der Waals surface area contributed by atoms with Crippen LogP contribution in [0.25, 0.3) is 0 Å². The monoisotopic (exact) mass is 130 g/mol. The summed E-state index contributed by atoms with van der Waals surface area (Å²) in [5.41, 5.74) is 0. The minimum absolute atomic E-state index is 0.0972. The van der Waals surface area contributed by atoms with Crippen LogP contribution in [0.15, 0.2) is 0 Å². The lowest BCUT2D eigenvalue weighted by Gasteiger charge is -2.09. The summed E-state index contributed by atoms with van der Waals surface area (Å²) in [6.45, 7) is 4.03. The van der Waals surface area contributed by atoms with E-state index in [4.69, 9.17) is 4.74 Å². The lowest BCUT2D eigenvalue weighted by Crippen LogP contribution is -2.18. The van der Waals surface area contributed by atoms with Crippen molar-refractivity contribution in [3.63, 3.8) is 0 Å². The van der Waals surface area contributed by atoms with E-state index in [0.717, 1.165) is 12.8 Å². The van der Waals surface area contributed by atoms with Crippen molar-refractivity contribution in [1.82, 2.24) is 0 Å². The van der Waals surface area contributed by atoms with Crippen molar-refractivity contribution in [2.75, 3.05) is 0 Å². The second-order valence-electron chi connectivity index (χ2n) is 2.70. The normalized spacial score (nSPS) is 43.7. The molecule has 0 radical (unpaired) electrons. The van der Waals surface area contributed by atoms with Gasteiger partial charge in [-0.1, -0.05) is 6.92 Å². The van der Waals surface area contributed by atoms with Gasteiger partial charge >= 0.3 is 0 Å². The predicted molar refractivity (Wildman–Crippen MR) is 35.2 cm³/mol. The maximum Gasteiger partial charge on any atom is 0.0835 e. The Balaban J connectivity index is 2.38. The molecule has 3 atom stereocenters. The fourth-order valence-electron chi connectivity index (χ4n) is 1.30. The van der Waals surface area contributed by atoms with E-state index in [0.29, 0.717) is 0 Å². The largest absolute Gasteiger partial charge is 0.390 e. The van der Waals surface area contributed by atoms with Crippen molar-refractivity contribution >= 4 is 0 Å². The molecule has 0 aromatic heterocycles. The fraction of sp³-hybridized carbons (Fsp3) is 1.00. The molecule has 0 aromatic rings. The Morgan fingerprint density at radius 2 is 2.33 bits per heavy atom. The summed E-state index contributed by atoms with van der Waals surface area (Å²) in [4.78, 5) is 0. The van der Waals surface area contributed by atoms with Gasteiger partial charge in [-0.05, 0) is 13.3 Å². The lowest BCUT2D eigenvalue weighted by atomic mass is 10.1. The van der Waals surface area contributed by atoms with Crippen LogP contribution in [0, 0.1) is 0 Å². The van der Waals surface area contributed by atoms with Crippen LogP contribution < -0.4 is 0 Å². The molecule has 0 aromatic carbocycles. The molecule has 0 bridgehead atoms. The average Bonchev–Trinajstić information content (AvgIpc) is 2.10. The maximum absolute atomic E-state index is 9.23. The first-order valence-electron chi connectivity index (χ1n) is 3.57. The number of rotatable bonds is 1. The molecule has 1 rings (SSSR count). The Labute approximate surface area is 55.8 Å². The van der Waals surface area contributed by atoms with E-state index in [1.807, 2.05) is 13.8 Å². The summed E-state index contributed by atoms with van der Waals surface area (Å²) < 4.78 is 5.37. The first-order chi connectivity index (χ1) is 4.24. The topological polar surface area (TPSA) is 29.5 Å². The molecule has 0 saturated carbocycles. The van der Waals surface area contributed by atoms with E-state index in [9.17, 15) is 5.11 Å². The van der Waals surface area contributed by atoms with Gasteiger partial charge < -0.3 is 9.84 Å². The molecule has 1 aliphatic rings. The summed E-state index contributed by atoms with van der Waals surface area (Å²) >= 11 is 0. The molecule has 1 aliphatic heterocycles. The zero-order valence-corrected chi connectivity index (χ0v) is 6.00. The molecule has 0 aliphatic carbocycles. The van der Waals surface area contributed by atoms with Crippen LogP contribution in [-0.4, -0.2) is 23.4 Å². The van der Waals surface area contributed by atoms with Gasteiger partial charge in [0, 0.05) is 6.42 Å². The molecule has 1 unspecified atom stereocenters. The van der Waals surface area contributed by atoms with E-state index >= 15 is 0 Å². The minimum atomic E-state index is -0.218. The number of aliphatic hydroxyl groups excluding tert-OH is 1. The van der Waals surface area contributed by atoms with Crippen molar-refractivity contribution in [2.24, 2.45) is 0 Å². The van der Waals surface area contributed by atoms with Crippen LogP contribution in [0.5, 0.6) is 0 Å². The van der Waals surface area contributed by atoms with Crippen molar-refractivity contribution in [2.45, 2.75) is 45.0 Å². The second kappa shape index (κ2) is 2.67. The third-order valence-electron chi connectivity index (χ3n) is 1.81. The van der Waals surface area contributed by atoms with E-state index in [1.54, 1.807) is 0 Å². The lowest BCUT2D eigenvalue weighted by molar-refractivity contribution is 0.0144. The van der Waals surface area contributed by atoms with Crippen LogP contribution in [-0.2, 0) is 4.74 Å². The molecule has 0 spiro atoms. The third kappa shape index (κ3) is 1.43. The minimum Gasteiger partial charge on any atom is -0.390 e. The van der Waals surface area contributed by atoms with Gasteiger partial charge in [0.15, 0.2) is 0 Å². The molecule has 2 heteroatoms. The van der Waals surface area contributed by atoms with Crippen molar-refractivity contribution in [3.05, 3.63) is 0 Å². The second-order valence-corrected chi connectivity index (χ2v) is 2.70. The summed E-state index contributed by atoms with van der Waals surface area (Å²) in [5, 5.41) is 9.23. The van der Waals surface area contributed by atoms with Gasteiger partial charge in [-0.25, -0.2) is 0 Å². The SMILES string of the molecule is CC[C@@H]1O[C@H](C)CC1O. The highest BCUT2D eigenvalue weighted by molar-refractivity contribution is 4.78. The zero-order valence-electron chi connectivity index (χ0n) is 6.00. The van der Waals surface area contributed by atoms with Crippen LogP contribution in [0.3, 0.4) is 0 Å². The summed E-state index contributed by atoms with van der Waals surface area (Å²) in [7, 11) is 0. The molecular formula is C7H14O2. The molecule has 1 heterocycles. The van der Waals surface area contributed by atoms with Crippen molar-refractivity contribution in [3.8, 4) is 0 Å². The first-order valence-corrected chi connectivity index (χ1v) is 3.57. The van der Waals surface area contributed by atoms with Crippen molar-refractivity contribution < 1.29 is 9.84 Å². The highest BCUT2D eigenvalue weighted by Crippen LogP contribution is 2.21. The average molecular weight is 130 g/mol. The standard InChI is InChI=1S/C7H14O2/c1-3-7-6(8)4-5(2)9-7/h5-8H,3-4H2,1-2H3/t5-,6?,7+/m1/s1. The van der Waals surface area contributed by atoms with Gasteiger partial charge in [0.1, 0.15) is 0 Å². The molecule has 9 heavy (non-hydrogen) atoms. The third-order valence-corrected chi connectivity index (χ3v) is 1.81. The highest BCUT2D eigenvalue weighted by Gasteiger charge is 2.29. The fourth-order valence-corrected chi connectivity index (χ4v) is 1.30. The van der Waals surface area contributed by atoms with Gasteiger partial charge in [-0.15, -0.1) is 0 Å². The van der Waals surface area contributed by atoms with E-state index in [-0.39, 0.29) is 18.3 Å². The number of ether oxygens (including phenoxy) is 1. The molecule has 2 nitrogen and oxygen atoms in total. The molecule has 1 N–H and O–H groups in total. The Hall–Kier alpha value is -0.0800. The summed E-state index contributed by atoms with van der Waals surface area (Å²) in [5.74, 6) is 0. The molecule has 1 fully saturated rings. The molecule has 0 amide bonds. The van der Waals surface area contributed by atoms with Gasteiger partial charge in [0.05, 0.1) is 18.3 Å². The summed E-state index contributed by atoms with van der Waals surface area (Å²) in [6.07, 6.45) is 1.86. The van der Waals surface area contributed by atoms with E-state index in [2.05, 4.69) is 0 Å². The van der Waals surface area contributed by atoms with Gasteiger partial charge in [0.25, 0.3) is 0 Å². The highest BCUT2D eigenvalue weighted by atomic mass is 16.5. The number of hydrogen-bond donors (Lipinski definition) is 1. The number of hydrogen-bond acceptors (Lipinski definition) is 2.